The van der Waals surface area contributed by atoms with Crippen molar-refractivity contribution in [3.8, 4) is 5.75 Å². The summed E-state index contributed by atoms with van der Waals surface area (Å²) in [5.41, 5.74) is 0.177. The molecule has 0 spiro atoms. The molecule has 2 aromatic carbocycles. The van der Waals surface area contributed by atoms with Gasteiger partial charge in [-0.2, -0.15) is 0 Å². The number of halogens is 1. The number of amides is 1. The third kappa shape index (κ3) is 7.88. The van der Waals surface area contributed by atoms with Crippen LogP contribution >= 0.6 is 11.6 Å². The maximum atomic E-state index is 13.5. The van der Waals surface area contributed by atoms with Crippen LogP contribution in [-0.2, 0) is 41.3 Å². The second kappa shape index (κ2) is 15.8. The largest absolute Gasteiger partial charge is 0.506 e. The molecule has 0 aromatic heterocycles. The van der Waals surface area contributed by atoms with Gasteiger partial charge >= 0.3 is 11.9 Å². The maximum absolute atomic E-state index is 13.5. The molecule has 17 nitrogen and oxygen atoms in total. The number of hydrogen-bond acceptors (Lipinski definition) is 16. The van der Waals surface area contributed by atoms with E-state index in [1.165, 1.54) is 0 Å². The minimum Gasteiger partial charge on any atom is -0.506 e. The van der Waals surface area contributed by atoms with E-state index in [9.17, 15) is 55.2 Å². The zero-order chi connectivity index (χ0) is 36.4. The molecule has 18 heteroatoms. The first-order chi connectivity index (χ1) is 23.7. The summed E-state index contributed by atoms with van der Waals surface area (Å²) >= 11 is 6.38. The van der Waals surface area contributed by atoms with E-state index in [0.717, 1.165) is 6.07 Å². The van der Waals surface area contributed by atoms with E-state index in [1.807, 2.05) is 0 Å². The van der Waals surface area contributed by atoms with E-state index < -0.39 is 116 Å². The van der Waals surface area contributed by atoms with Crippen LogP contribution in [0.1, 0.15) is 38.8 Å². The predicted octanol–water partition coefficient (Wildman–Crippen LogP) is -2.34. The van der Waals surface area contributed by atoms with Crippen LogP contribution in [0.5, 0.6) is 5.75 Å². The van der Waals surface area contributed by atoms with Gasteiger partial charge in [-0.25, -0.2) is 9.59 Å². The first-order valence-corrected chi connectivity index (χ1v) is 16.0. The fourth-order valence-corrected chi connectivity index (χ4v) is 6.22. The summed E-state index contributed by atoms with van der Waals surface area (Å²) in [5, 5.41) is 84.7. The lowest BCUT2D eigenvalue weighted by molar-refractivity contribution is -0.355. The molecular weight excluding hydrogens is 690 g/mol. The van der Waals surface area contributed by atoms with Gasteiger partial charge in [0.15, 0.2) is 12.6 Å². The number of benzene rings is 2. The molecule has 2 aromatic rings. The Balaban J connectivity index is 1.35. The standard InChI is InChI=1S/C32H38ClNO16/c1-12-7-14-16(33)9-15(21(36)20(14)30(44)47-12)28(42)34-17(8-13-5-3-2-4-6-13)29(43)46-11-19-27(24(39)25(40)31(45)48-19)50-32-26(41)23(38)22(37)18(10-35)49-32/h2-6,9,12,17-19,22-27,31-32,35-41,45H,7-8,10-11H2,1H3,(H,34,42)/t12-,17+,18-,19-,22-,23+,24-,25-,26-,27-,31-,32+/m1/s1. The van der Waals surface area contributed by atoms with Gasteiger partial charge in [-0.05, 0) is 24.1 Å². The van der Waals surface area contributed by atoms with Gasteiger partial charge in [0.2, 0.25) is 0 Å². The minimum absolute atomic E-state index is 0.0211. The van der Waals surface area contributed by atoms with E-state index in [0.29, 0.717) is 11.1 Å². The summed E-state index contributed by atoms with van der Waals surface area (Å²) in [7, 11) is 0. The highest BCUT2D eigenvalue weighted by atomic mass is 35.5. The average Bonchev–Trinajstić information content (AvgIpc) is 3.08. The summed E-state index contributed by atoms with van der Waals surface area (Å²) in [4.78, 5) is 39.6. The fourth-order valence-electron chi connectivity index (χ4n) is 5.94. The smallest absolute Gasteiger partial charge is 0.342 e. The van der Waals surface area contributed by atoms with Crippen molar-refractivity contribution in [1.82, 2.24) is 5.32 Å². The zero-order valence-corrected chi connectivity index (χ0v) is 27.2. The number of cyclic esters (lactones) is 1. The molecule has 274 valence electrons. The van der Waals surface area contributed by atoms with Crippen LogP contribution in [0.15, 0.2) is 36.4 Å². The second-order valence-corrected chi connectivity index (χ2v) is 12.6. The van der Waals surface area contributed by atoms with Crippen molar-refractivity contribution in [2.24, 2.45) is 0 Å². The molecule has 0 aliphatic carbocycles. The van der Waals surface area contributed by atoms with Crippen LogP contribution in [0, 0.1) is 0 Å². The molecule has 1 amide bonds. The van der Waals surface area contributed by atoms with E-state index >= 15 is 0 Å². The number of fused-ring (bicyclic) bond motifs is 1. The molecule has 12 atom stereocenters. The monoisotopic (exact) mass is 727 g/mol. The predicted molar refractivity (Wildman–Crippen MR) is 166 cm³/mol. The van der Waals surface area contributed by atoms with Crippen molar-refractivity contribution in [1.29, 1.82) is 0 Å². The molecule has 5 rings (SSSR count). The molecule has 0 bridgehead atoms. The zero-order valence-electron chi connectivity index (χ0n) is 26.4. The number of esters is 2. The Morgan fingerprint density at radius 2 is 1.68 bits per heavy atom. The van der Waals surface area contributed by atoms with Gasteiger partial charge in [-0.15, -0.1) is 0 Å². The Morgan fingerprint density at radius 3 is 2.36 bits per heavy atom. The molecule has 3 heterocycles. The molecule has 50 heavy (non-hydrogen) atoms. The lowest BCUT2D eigenvalue weighted by Gasteiger charge is -2.45. The van der Waals surface area contributed by atoms with Crippen molar-refractivity contribution < 1.29 is 78.9 Å². The fraction of sp³-hybridized carbons (Fsp3) is 0.531. The Bertz CT molecular complexity index is 1540. The van der Waals surface area contributed by atoms with Crippen LogP contribution in [0.2, 0.25) is 5.02 Å². The number of rotatable bonds is 10. The Hall–Kier alpha value is -3.46. The van der Waals surface area contributed by atoms with Gasteiger partial charge in [0, 0.05) is 17.9 Å². The van der Waals surface area contributed by atoms with Gasteiger partial charge in [0.25, 0.3) is 5.91 Å². The third-order valence-electron chi connectivity index (χ3n) is 8.66. The molecular formula is C32H38ClNO16. The minimum atomic E-state index is -1.99. The summed E-state index contributed by atoms with van der Waals surface area (Å²) in [5.74, 6) is -3.64. The SMILES string of the molecule is C[C@@H]1Cc2c(Cl)cc(C(=O)N[C@@H](Cc3ccccc3)C(=O)OC[C@H]3O[C@@H](O)[C@H](O)[C@@H](O)[C@@H]3O[C@@H]3O[C@H](CO)[C@@H](O)[C@H](O)[C@H]3O)c(O)c2C(=O)O1. The number of phenols is 1. The molecule has 9 N–H and O–H groups in total. The lowest BCUT2D eigenvalue weighted by Crippen LogP contribution is -2.64. The number of carbonyl (C=O) groups excluding carboxylic acids is 3. The highest BCUT2D eigenvalue weighted by Crippen LogP contribution is 2.37. The summed E-state index contributed by atoms with van der Waals surface area (Å²) < 4.78 is 26.8. The number of phenolic OH excluding ortho intramolecular Hbond substituents is 1. The molecule has 0 radical (unpaired) electrons. The quantitative estimate of drug-likeness (QED) is 0.116. The van der Waals surface area contributed by atoms with Gasteiger partial charge in [0.05, 0.1) is 12.2 Å². The van der Waals surface area contributed by atoms with Crippen molar-refractivity contribution >= 4 is 29.4 Å². The van der Waals surface area contributed by atoms with E-state index in [1.54, 1.807) is 37.3 Å². The Morgan fingerprint density at radius 1 is 0.980 bits per heavy atom. The van der Waals surface area contributed by atoms with Gasteiger partial charge in [0.1, 0.15) is 78.9 Å². The molecule has 2 saturated heterocycles. The van der Waals surface area contributed by atoms with E-state index in [2.05, 4.69) is 5.32 Å². The number of aliphatic hydroxyl groups is 7. The highest BCUT2D eigenvalue weighted by molar-refractivity contribution is 6.32. The van der Waals surface area contributed by atoms with Crippen LogP contribution in [0.4, 0.5) is 0 Å². The first kappa shape index (κ1) is 37.8. The van der Waals surface area contributed by atoms with Crippen LogP contribution in [-0.4, -0.2) is 145 Å². The van der Waals surface area contributed by atoms with Crippen LogP contribution < -0.4 is 5.32 Å². The normalized spacial score (nSPS) is 33.1. The highest BCUT2D eigenvalue weighted by Gasteiger charge is 2.50. The molecule has 3 aliphatic heterocycles. The second-order valence-electron chi connectivity index (χ2n) is 12.2. The van der Waals surface area contributed by atoms with E-state index in [-0.39, 0.29) is 23.4 Å². The van der Waals surface area contributed by atoms with Crippen molar-refractivity contribution in [2.75, 3.05) is 13.2 Å². The number of carbonyl (C=O) groups is 3. The summed E-state index contributed by atoms with van der Waals surface area (Å²) in [6.45, 7) is 0.0766. The first-order valence-electron chi connectivity index (χ1n) is 15.6. The molecule has 0 saturated carbocycles. The van der Waals surface area contributed by atoms with Crippen molar-refractivity contribution in [2.45, 2.75) is 93.3 Å². The number of nitrogens with one attached hydrogen (secondary N) is 1. The van der Waals surface area contributed by atoms with E-state index in [4.69, 9.17) is 35.3 Å². The Labute approximate surface area is 289 Å². The number of aliphatic hydroxyl groups excluding tert-OH is 7. The van der Waals surface area contributed by atoms with Crippen molar-refractivity contribution in [3.05, 3.63) is 63.7 Å². The number of aromatic hydroxyl groups is 1. The topological polar surface area (TPSA) is 271 Å². The summed E-state index contributed by atoms with van der Waals surface area (Å²) in [6.07, 6.45) is -18.2. The Kier molecular flexibility index (Phi) is 12.0. The van der Waals surface area contributed by atoms with Gasteiger partial charge in [-0.1, -0.05) is 41.9 Å². The summed E-state index contributed by atoms with van der Waals surface area (Å²) in [6, 6.07) is 8.15. The third-order valence-corrected chi connectivity index (χ3v) is 9.00. The molecule has 2 fully saturated rings. The van der Waals surface area contributed by atoms with Crippen LogP contribution in [0.3, 0.4) is 0 Å². The molecule has 3 aliphatic rings. The van der Waals surface area contributed by atoms with Crippen molar-refractivity contribution in [3.63, 3.8) is 0 Å². The molecule has 0 unspecified atom stereocenters. The average molecular weight is 728 g/mol. The number of ether oxygens (including phenoxy) is 5. The van der Waals surface area contributed by atoms with Gasteiger partial charge in [-0.3, -0.25) is 4.79 Å². The maximum Gasteiger partial charge on any atom is 0.342 e. The van der Waals surface area contributed by atoms with Gasteiger partial charge < -0.3 is 69.9 Å². The van der Waals surface area contributed by atoms with Crippen LogP contribution in [0.25, 0.3) is 0 Å². The lowest BCUT2D eigenvalue weighted by atomic mass is 9.95. The number of hydrogen-bond donors (Lipinski definition) is 9.